The van der Waals surface area contributed by atoms with Crippen LogP contribution in [0, 0.1) is 33.8 Å². The van der Waals surface area contributed by atoms with Crippen LogP contribution in [0.3, 0.4) is 0 Å². The predicted molar refractivity (Wildman–Crippen MR) is 77.9 cm³/mol. The summed E-state index contributed by atoms with van der Waals surface area (Å²) >= 11 is 0. The van der Waals surface area contributed by atoms with Crippen molar-refractivity contribution >= 4 is 23.2 Å². The van der Waals surface area contributed by atoms with Gasteiger partial charge in [0.15, 0.2) is 0 Å². The topological polar surface area (TPSA) is 80.5 Å². The molecule has 1 heterocycles. The number of carbonyl (C=O) groups excluding carboxylic acids is 2. The molecule has 0 N–H and O–H groups in total. The van der Waals surface area contributed by atoms with Crippen molar-refractivity contribution < 1.29 is 14.5 Å². The number of carbonyl (C=O) groups is 2. The molecule has 0 aromatic heterocycles. The van der Waals surface area contributed by atoms with Crippen LogP contribution in [0.25, 0.3) is 0 Å². The first-order chi connectivity index (χ1) is 10.5. The van der Waals surface area contributed by atoms with Gasteiger partial charge >= 0.3 is 0 Å². The molecule has 0 unspecified atom stereocenters. The van der Waals surface area contributed by atoms with Crippen molar-refractivity contribution in [2.45, 2.75) is 13.3 Å². The fourth-order valence-electron chi connectivity index (χ4n) is 4.27. The smallest absolute Gasteiger partial charge is 0.271 e. The molecule has 2 fully saturated rings. The molecule has 3 aliphatic rings. The van der Waals surface area contributed by atoms with Crippen LogP contribution in [0.1, 0.15) is 13.3 Å². The zero-order valence-electron chi connectivity index (χ0n) is 11.9. The molecular weight excluding hydrogens is 284 g/mol. The highest BCUT2D eigenvalue weighted by Gasteiger charge is 2.60. The molecular formula is C16H14N2O4. The summed E-state index contributed by atoms with van der Waals surface area (Å²) in [5.74, 6) is -0.727. The molecule has 6 heteroatoms. The number of amides is 2. The predicted octanol–water partition coefficient (Wildman–Crippen LogP) is 2.30. The number of benzene rings is 1. The summed E-state index contributed by atoms with van der Waals surface area (Å²) in [6.45, 7) is 2.01. The third kappa shape index (κ3) is 1.55. The number of fused-ring (bicyclic) bond motifs is 5. The van der Waals surface area contributed by atoms with E-state index in [0.29, 0.717) is 5.69 Å². The van der Waals surface area contributed by atoms with E-state index >= 15 is 0 Å². The Balaban J connectivity index is 1.74. The number of non-ortho nitro benzene ring substituents is 1. The van der Waals surface area contributed by atoms with Crippen molar-refractivity contribution in [3.63, 3.8) is 0 Å². The lowest BCUT2D eigenvalue weighted by Crippen LogP contribution is -2.32. The Hall–Kier alpha value is -2.50. The number of nitro groups is 1. The van der Waals surface area contributed by atoms with Crippen molar-refractivity contribution in [3.8, 4) is 0 Å². The second-order valence-corrected chi connectivity index (χ2v) is 6.26. The number of rotatable bonds is 2. The van der Waals surface area contributed by atoms with Crippen LogP contribution in [0.2, 0.25) is 0 Å². The summed E-state index contributed by atoms with van der Waals surface area (Å²) in [6.07, 6.45) is 2.98. The van der Waals surface area contributed by atoms with Crippen LogP contribution in [-0.2, 0) is 9.59 Å². The molecule has 4 rings (SSSR count). The number of anilines is 1. The van der Waals surface area contributed by atoms with E-state index in [9.17, 15) is 19.7 Å². The minimum atomic E-state index is -0.523. The van der Waals surface area contributed by atoms with Gasteiger partial charge in [-0.3, -0.25) is 19.7 Å². The molecule has 2 amide bonds. The molecule has 2 aliphatic carbocycles. The third-order valence-electron chi connectivity index (χ3n) is 5.18. The number of nitrogens with zero attached hydrogens (tertiary/aromatic N) is 2. The number of allylic oxidation sites excluding steroid dienone is 2. The van der Waals surface area contributed by atoms with Crippen LogP contribution in [0.4, 0.5) is 11.4 Å². The van der Waals surface area contributed by atoms with Gasteiger partial charge in [0, 0.05) is 12.1 Å². The van der Waals surface area contributed by atoms with Crippen LogP contribution in [0.5, 0.6) is 0 Å². The quantitative estimate of drug-likeness (QED) is 0.363. The number of nitro benzene ring substituents is 1. The first-order valence-electron chi connectivity index (χ1n) is 7.29. The van der Waals surface area contributed by atoms with E-state index in [1.54, 1.807) is 6.07 Å². The minimum Gasteiger partial charge on any atom is -0.274 e. The Labute approximate surface area is 126 Å². The summed E-state index contributed by atoms with van der Waals surface area (Å²) in [7, 11) is 0. The van der Waals surface area contributed by atoms with Gasteiger partial charge in [-0.25, -0.2) is 4.90 Å². The first-order valence-corrected chi connectivity index (χ1v) is 7.29. The maximum Gasteiger partial charge on any atom is 0.271 e. The van der Waals surface area contributed by atoms with Gasteiger partial charge in [-0.15, -0.1) is 0 Å². The van der Waals surface area contributed by atoms with Crippen LogP contribution in [0.15, 0.2) is 35.9 Å². The molecule has 1 saturated heterocycles. The fourth-order valence-corrected chi connectivity index (χ4v) is 4.27. The molecule has 0 radical (unpaired) electrons. The van der Waals surface area contributed by atoms with Crippen LogP contribution < -0.4 is 4.90 Å². The van der Waals surface area contributed by atoms with Crippen molar-refractivity contribution in [3.05, 3.63) is 46.0 Å². The van der Waals surface area contributed by atoms with Crippen molar-refractivity contribution in [2.75, 3.05) is 4.90 Å². The standard InChI is InChI=1S/C16H14N2O4/c1-8-5-9-6-12(8)14-13(9)15(19)17(16(14)20)10-3-2-4-11(7-10)18(21)22/h2-5,7,9,12-14H,6H2,1H3/t9-,12+,13-,14-/m0/s1. The zero-order chi connectivity index (χ0) is 15.6. The lowest BCUT2D eigenvalue weighted by atomic mass is 9.82. The molecule has 2 bridgehead atoms. The highest BCUT2D eigenvalue weighted by Crippen LogP contribution is 2.55. The van der Waals surface area contributed by atoms with Crippen LogP contribution >= 0.6 is 0 Å². The van der Waals surface area contributed by atoms with Gasteiger partial charge in [-0.05, 0) is 31.2 Å². The van der Waals surface area contributed by atoms with Crippen LogP contribution in [-0.4, -0.2) is 16.7 Å². The Bertz CT molecular complexity index is 754. The van der Waals surface area contributed by atoms with Crippen molar-refractivity contribution in [1.82, 2.24) is 0 Å². The molecule has 22 heavy (non-hydrogen) atoms. The summed E-state index contributed by atoms with van der Waals surface area (Å²) < 4.78 is 0. The molecule has 1 aliphatic heterocycles. The normalized spacial score (nSPS) is 32.4. The molecule has 4 atom stereocenters. The van der Waals surface area contributed by atoms with Gasteiger partial charge in [-0.1, -0.05) is 17.7 Å². The average molecular weight is 298 g/mol. The van der Waals surface area contributed by atoms with Gasteiger partial charge in [0.1, 0.15) is 0 Å². The van der Waals surface area contributed by atoms with Crippen molar-refractivity contribution in [2.24, 2.45) is 23.7 Å². The third-order valence-corrected chi connectivity index (χ3v) is 5.18. The Morgan fingerprint density at radius 3 is 2.68 bits per heavy atom. The monoisotopic (exact) mass is 298 g/mol. The van der Waals surface area contributed by atoms with E-state index in [2.05, 4.69) is 6.08 Å². The number of hydrogen-bond acceptors (Lipinski definition) is 4. The first kappa shape index (κ1) is 13.2. The van der Waals surface area contributed by atoms with E-state index in [1.165, 1.54) is 23.8 Å². The van der Waals surface area contributed by atoms with Gasteiger partial charge in [0.2, 0.25) is 11.8 Å². The largest absolute Gasteiger partial charge is 0.274 e. The average Bonchev–Trinajstić information content (AvgIpc) is 3.10. The maximum atomic E-state index is 12.7. The maximum absolute atomic E-state index is 12.7. The van der Waals surface area contributed by atoms with Gasteiger partial charge < -0.3 is 0 Å². The van der Waals surface area contributed by atoms with Gasteiger partial charge in [0.05, 0.1) is 22.4 Å². The highest BCUT2D eigenvalue weighted by molar-refractivity contribution is 6.23. The molecule has 6 nitrogen and oxygen atoms in total. The fraction of sp³-hybridized carbons (Fsp3) is 0.375. The minimum absolute atomic E-state index is 0.118. The van der Waals surface area contributed by atoms with Gasteiger partial charge in [0.25, 0.3) is 5.69 Å². The second-order valence-electron chi connectivity index (χ2n) is 6.26. The van der Waals surface area contributed by atoms with E-state index in [1.807, 2.05) is 6.92 Å². The van der Waals surface area contributed by atoms with Gasteiger partial charge in [-0.2, -0.15) is 0 Å². The zero-order valence-corrected chi connectivity index (χ0v) is 11.9. The summed E-state index contributed by atoms with van der Waals surface area (Å²) in [5.41, 5.74) is 1.37. The highest BCUT2D eigenvalue weighted by atomic mass is 16.6. The summed E-state index contributed by atoms with van der Waals surface area (Å²) in [4.78, 5) is 36.9. The van der Waals surface area contributed by atoms with E-state index < -0.39 is 4.92 Å². The molecule has 1 aromatic rings. The Morgan fingerprint density at radius 1 is 1.23 bits per heavy atom. The van der Waals surface area contributed by atoms with Crippen molar-refractivity contribution in [1.29, 1.82) is 0 Å². The SMILES string of the molecule is CC1=C[C@H]2C[C@H]1[C@@H]1C(=O)N(c3cccc([N+](=O)[O-])c3)C(=O)[C@H]12. The van der Waals surface area contributed by atoms with E-state index in [4.69, 9.17) is 0 Å². The van der Waals surface area contributed by atoms with E-state index in [0.717, 1.165) is 11.3 Å². The molecule has 0 spiro atoms. The molecule has 1 aromatic carbocycles. The number of imide groups is 1. The Morgan fingerprint density at radius 2 is 1.95 bits per heavy atom. The summed E-state index contributed by atoms with van der Waals surface area (Å²) in [6, 6.07) is 5.72. The summed E-state index contributed by atoms with van der Waals surface area (Å²) in [5, 5.41) is 10.9. The molecule has 1 saturated carbocycles. The molecule has 112 valence electrons. The lowest BCUT2D eigenvalue weighted by Gasteiger charge is -2.19. The lowest BCUT2D eigenvalue weighted by molar-refractivity contribution is -0.384. The number of hydrogen-bond donors (Lipinski definition) is 0. The Kier molecular flexibility index (Phi) is 2.55. The van der Waals surface area contributed by atoms with E-state index in [-0.39, 0.29) is 41.2 Å². The second kappa shape index (κ2) is 4.25.